The summed E-state index contributed by atoms with van der Waals surface area (Å²) in [6.07, 6.45) is 2.62. The molecule has 5 heteroatoms. The summed E-state index contributed by atoms with van der Waals surface area (Å²) in [6.45, 7) is 5.71. The molecule has 2 atom stereocenters. The standard InChI is InChI=1S/C11H16BrN3O/c1-3-15-10(9(12)6-14-15)11(16)8-4-5-13-7(8)2/h6-8,13H,3-5H2,1-2H3. The van der Waals surface area contributed by atoms with Crippen LogP contribution >= 0.6 is 15.9 Å². The maximum Gasteiger partial charge on any atom is 0.186 e. The first-order chi connectivity index (χ1) is 7.65. The minimum absolute atomic E-state index is 0.0818. The van der Waals surface area contributed by atoms with Gasteiger partial charge >= 0.3 is 0 Å². The molecule has 2 unspecified atom stereocenters. The van der Waals surface area contributed by atoms with Gasteiger partial charge in [0.05, 0.1) is 10.7 Å². The zero-order chi connectivity index (χ0) is 11.7. The Morgan fingerprint density at radius 2 is 2.50 bits per heavy atom. The number of nitrogens with zero attached hydrogens (tertiary/aromatic N) is 2. The summed E-state index contributed by atoms with van der Waals surface area (Å²) >= 11 is 3.40. The van der Waals surface area contributed by atoms with Crippen molar-refractivity contribution in [2.45, 2.75) is 32.9 Å². The quantitative estimate of drug-likeness (QED) is 0.863. The minimum atomic E-state index is 0.0818. The van der Waals surface area contributed by atoms with E-state index in [-0.39, 0.29) is 17.7 Å². The zero-order valence-corrected chi connectivity index (χ0v) is 11.1. The van der Waals surface area contributed by atoms with E-state index < -0.39 is 0 Å². The first-order valence-electron chi connectivity index (χ1n) is 5.64. The molecule has 88 valence electrons. The largest absolute Gasteiger partial charge is 0.313 e. The molecule has 1 fully saturated rings. The highest BCUT2D eigenvalue weighted by Gasteiger charge is 2.32. The van der Waals surface area contributed by atoms with Crippen LogP contribution in [-0.2, 0) is 6.54 Å². The molecule has 0 bridgehead atoms. The number of hydrogen-bond acceptors (Lipinski definition) is 3. The normalized spacial score (nSPS) is 24.9. The van der Waals surface area contributed by atoms with E-state index in [4.69, 9.17) is 0 Å². The van der Waals surface area contributed by atoms with Crippen molar-refractivity contribution in [3.05, 3.63) is 16.4 Å². The van der Waals surface area contributed by atoms with Crippen LogP contribution in [0.1, 0.15) is 30.8 Å². The molecule has 1 saturated heterocycles. The zero-order valence-electron chi connectivity index (χ0n) is 9.53. The van der Waals surface area contributed by atoms with E-state index >= 15 is 0 Å². The highest BCUT2D eigenvalue weighted by molar-refractivity contribution is 9.10. The van der Waals surface area contributed by atoms with E-state index in [2.05, 4.69) is 33.3 Å². The smallest absolute Gasteiger partial charge is 0.186 e. The third-order valence-corrected chi connectivity index (χ3v) is 3.77. The first-order valence-corrected chi connectivity index (χ1v) is 6.43. The molecular weight excluding hydrogens is 270 g/mol. The Morgan fingerprint density at radius 3 is 3.06 bits per heavy atom. The van der Waals surface area contributed by atoms with Gasteiger partial charge in [0, 0.05) is 18.5 Å². The molecule has 0 spiro atoms. The Morgan fingerprint density at radius 1 is 1.75 bits per heavy atom. The highest BCUT2D eigenvalue weighted by atomic mass is 79.9. The number of aryl methyl sites for hydroxylation is 1. The molecule has 0 aliphatic carbocycles. The third-order valence-electron chi connectivity index (χ3n) is 3.19. The van der Waals surface area contributed by atoms with Crippen LogP contribution < -0.4 is 5.32 Å². The molecule has 4 nitrogen and oxygen atoms in total. The number of halogens is 1. The number of ketones is 1. The molecule has 1 aliphatic heterocycles. The van der Waals surface area contributed by atoms with Crippen LogP contribution in [0.5, 0.6) is 0 Å². The maximum absolute atomic E-state index is 12.4. The fraction of sp³-hybridized carbons (Fsp3) is 0.636. The van der Waals surface area contributed by atoms with E-state index in [1.54, 1.807) is 10.9 Å². The van der Waals surface area contributed by atoms with Gasteiger partial charge in [0.1, 0.15) is 5.69 Å². The lowest BCUT2D eigenvalue weighted by molar-refractivity contribution is 0.0902. The molecule has 0 amide bonds. The third kappa shape index (κ3) is 1.94. The number of rotatable bonds is 3. The Labute approximate surface area is 104 Å². The van der Waals surface area contributed by atoms with E-state index in [1.807, 2.05) is 6.92 Å². The molecule has 1 aromatic rings. The van der Waals surface area contributed by atoms with Gasteiger partial charge in [-0.05, 0) is 42.7 Å². The van der Waals surface area contributed by atoms with Gasteiger partial charge in [-0.15, -0.1) is 0 Å². The summed E-state index contributed by atoms with van der Waals surface area (Å²) in [5, 5.41) is 7.48. The van der Waals surface area contributed by atoms with Gasteiger partial charge < -0.3 is 5.32 Å². The van der Waals surface area contributed by atoms with Gasteiger partial charge in [-0.2, -0.15) is 5.10 Å². The minimum Gasteiger partial charge on any atom is -0.313 e. The van der Waals surface area contributed by atoms with E-state index in [0.717, 1.165) is 24.0 Å². The van der Waals surface area contributed by atoms with Crippen LogP contribution in [-0.4, -0.2) is 28.2 Å². The fourth-order valence-electron chi connectivity index (χ4n) is 2.24. The van der Waals surface area contributed by atoms with E-state index in [9.17, 15) is 4.79 Å². The van der Waals surface area contributed by atoms with Crippen LogP contribution in [0.4, 0.5) is 0 Å². The van der Waals surface area contributed by atoms with Gasteiger partial charge in [-0.1, -0.05) is 0 Å². The van der Waals surface area contributed by atoms with Gasteiger partial charge in [0.25, 0.3) is 0 Å². The molecule has 2 heterocycles. The Kier molecular flexibility index (Phi) is 3.44. The van der Waals surface area contributed by atoms with Crippen molar-refractivity contribution in [3.8, 4) is 0 Å². The lowest BCUT2D eigenvalue weighted by atomic mass is 9.95. The van der Waals surface area contributed by atoms with Crippen LogP contribution in [0, 0.1) is 5.92 Å². The topological polar surface area (TPSA) is 46.9 Å². The van der Waals surface area contributed by atoms with E-state index in [0.29, 0.717) is 5.69 Å². The molecule has 0 radical (unpaired) electrons. The Balaban J connectivity index is 2.29. The Hall–Kier alpha value is -0.680. The van der Waals surface area contributed by atoms with E-state index in [1.165, 1.54) is 0 Å². The van der Waals surface area contributed by atoms with Crippen molar-refractivity contribution < 1.29 is 4.79 Å². The molecule has 2 rings (SSSR count). The van der Waals surface area contributed by atoms with Crippen LogP contribution in [0.25, 0.3) is 0 Å². The number of carbonyl (C=O) groups excluding carboxylic acids is 1. The number of aromatic nitrogens is 2. The fourth-order valence-corrected chi connectivity index (χ4v) is 2.73. The molecule has 1 aromatic heterocycles. The molecule has 1 aliphatic rings. The predicted molar refractivity (Wildman–Crippen MR) is 65.5 cm³/mol. The summed E-state index contributed by atoms with van der Waals surface area (Å²) in [5.41, 5.74) is 0.711. The summed E-state index contributed by atoms with van der Waals surface area (Å²) in [4.78, 5) is 12.4. The summed E-state index contributed by atoms with van der Waals surface area (Å²) in [5.74, 6) is 0.280. The maximum atomic E-state index is 12.4. The van der Waals surface area contributed by atoms with Gasteiger partial charge in [-0.3, -0.25) is 9.48 Å². The second-order valence-corrected chi connectivity index (χ2v) is 5.01. The number of nitrogens with one attached hydrogen (secondary N) is 1. The second kappa shape index (κ2) is 4.67. The average Bonchev–Trinajstić information content (AvgIpc) is 2.83. The van der Waals surface area contributed by atoms with Crippen molar-refractivity contribution in [1.82, 2.24) is 15.1 Å². The van der Waals surface area contributed by atoms with Crippen molar-refractivity contribution in [2.75, 3.05) is 6.54 Å². The lowest BCUT2D eigenvalue weighted by Crippen LogP contribution is -2.29. The van der Waals surface area contributed by atoms with Crippen LogP contribution in [0.2, 0.25) is 0 Å². The molecular formula is C11H16BrN3O. The number of Topliss-reactive ketones (excluding diaryl/α,β-unsaturated/α-hetero) is 1. The molecule has 0 aromatic carbocycles. The highest BCUT2D eigenvalue weighted by Crippen LogP contribution is 2.25. The van der Waals surface area contributed by atoms with Crippen molar-refractivity contribution >= 4 is 21.7 Å². The predicted octanol–water partition coefficient (Wildman–Crippen LogP) is 1.85. The van der Waals surface area contributed by atoms with Crippen LogP contribution in [0.3, 0.4) is 0 Å². The van der Waals surface area contributed by atoms with Gasteiger partial charge in [0.15, 0.2) is 5.78 Å². The molecule has 1 N–H and O–H groups in total. The first kappa shape index (κ1) is 11.8. The molecule has 16 heavy (non-hydrogen) atoms. The second-order valence-electron chi connectivity index (χ2n) is 4.16. The van der Waals surface area contributed by atoms with Crippen molar-refractivity contribution in [2.24, 2.45) is 5.92 Å². The SMILES string of the molecule is CCn1ncc(Br)c1C(=O)C1CCNC1C. The van der Waals surface area contributed by atoms with Crippen molar-refractivity contribution in [3.63, 3.8) is 0 Å². The van der Waals surface area contributed by atoms with Crippen molar-refractivity contribution in [1.29, 1.82) is 0 Å². The van der Waals surface area contributed by atoms with Gasteiger partial charge in [0.2, 0.25) is 0 Å². The Bertz CT molecular complexity index is 402. The lowest BCUT2D eigenvalue weighted by Gasteiger charge is -2.14. The summed E-state index contributed by atoms with van der Waals surface area (Å²) < 4.78 is 2.57. The number of hydrogen-bond donors (Lipinski definition) is 1. The summed E-state index contributed by atoms with van der Waals surface area (Å²) in [7, 11) is 0. The number of carbonyl (C=O) groups is 1. The summed E-state index contributed by atoms with van der Waals surface area (Å²) in [6, 6.07) is 0.264. The average molecular weight is 286 g/mol. The van der Waals surface area contributed by atoms with Crippen LogP contribution in [0.15, 0.2) is 10.7 Å². The monoisotopic (exact) mass is 285 g/mol. The molecule has 0 saturated carbocycles. The van der Waals surface area contributed by atoms with Gasteiger partial charge in [-0.25, -0.2) is 0 Å².